The number of rotatable bonds is 9. The van der Waals surface area contributed by atoms with Gasteiger partial charge in [-0.25, -0.2) is 0 Å². The molecule has 19 heavy (non-hydrogen) atoms. The summed E-state index contributed by atoms with van der Waals surface area (Å²) in [7, 11) is 0. The number of ether oxygens (including phenoxy) is 2. The van der Waals surface area contributed by atoms with Gasteiger partial charge in [0.15, 0.2) is 6.29 Å². The highest BCUT2D eigenvalue weighted by Gasteiger charge is 2.36. The molecule has 4 unspecified atom stereocenters. The summed E-state index contributed by atoms with van der Waals surface area (Å²) >= 11 is 0. The minimum Gasteiger partial charge on any atom is -0.394 e. The van der Waals surface area contributed by atoms with Gasteiger partial charge < -0.3 is 29.9 Å². The molecule has 1 rings (SSSR count). The van der Waals surface area contributed by atoms with Crippen LogP contribution in [0.5, 0.6) is 0 Å². The zero-order valence-corrected chi connectivity index (χ0v) is 11.1. The van der Waals surface area contributed by atoms with Crippen molar-refractivity contribution >= 4 is 0 Å². The third-order valence-corrected chi connectivity index (χ3v) is 3.13. The fourth-order valence-electron chi connectivity index (χ4n) is 2.00. The number of hydrogen-bond donors (Lipinski definition) is 5. The van der Waals surface area contributed by atoms with Gasteiger partial charge in [-0.15, -0.1) is 0 Å². The molecule has 1 heterocycles. The first-order valence-electron chi connectivity index (χ1n) is 6.74. The number of aliphatic hydroxyl groups excluding tert-OH is 4. The Morgan fingerprint density at radius 3 is 2.63 bits per heavy atom. The van der Waals surface area contributed by atoms with Gasteiger partial charge in [-0.2, -0.15) is 0 Å². The first-order chi connectivity index (χ1) is 9.19. The minimum atomic E-state index is -1.06. The van der Waals surface area contributed by atoms with Crippen LogP contribution in [0.3, 0.4) is 0 Å². The second kappa shape index (κ2) is 9.60. The van der Waals surface area contributed by atoms with Crippen LogP contribution in [0.4, 0.5) is 0 Å². The van der Waals surface area contributed by atoms with Gasteiger partial charge in [0.2, 0.25) is 0 Å². The third-order valence-electron chi connectivity index (χ3n) is 3.13. The Hall–Kier alpha value is -0.280. The van der Waals surface area contributed by atoms with Crippen molar-refractivity contribution in [3.8, 4) is 0 Å². The molecule has 4 atom stereocenters. The summed E-state index contributed by atoms with van der Waals surface area (Å²) in [5.41, 5.74) is 0. The smallest absolute Gasteiger partial charge is 0.160 e. The lowest BCUT2D eigenvalue weighted by molar-refractivity contribution is -0.256. The SMILES string of the molecule is OCNCCCCCOC1CC(O)C(O)C(CO)O1. The fraction of sp³-hybridized carbons (Fsp3) is 1.00. The van der Waals surface area contributed by atoms with Crippen LogP contribution < -0.4 is 5.32 Å². The second-order valence-electron chi connectivity index (χ2n) is 4.67. The molecule has 5 N–H and O–H groups in total. The molecule has 0 amide bonds. The first kappa shape index (κ1) is 16.8. The highest BCUT2D eigenvalue weighted by Crippen LogP contribution is 2.21. The molecule has 0 spiro atoms. The maximum absolute atomic E-state index is 9.60. The predicted octanol–water partition coefficient (Wildman–Crippen LogP) is -1.46. The number of unbranched alkanes of at least 4 members (excludes halogenated alkanes) is 2. The van der Waals surface area contributed by atoms with Gasteiger partial charge in [0.1, 0.15) is 12.2 Å². The molecule has 1 aliphatic heterocycles. The highest BCUT2D eigenvalue weighted by molar-refractivity contribution is 4.82. The number of aliphatic hydroxyl groups is 4. The molecule has 114 valence electrons. The topological polar surface area (TPSA) is 111 Å². The van der Waals surface area contributed by atoms with E-state index in [1.54, 1.807) is 0 Å². The quantitative estimate of drug-likeness (QED) is 0.259. The molecular formula is C12H25NO6. The van der Waals surface area contributed by atoms with Crippen LogP contribution in [-0.4, -0.2) is 71.5 Å². The molecule has 0 saturated carbocycles. The molecular weight excluding hydrogens is 254 g/mol. The van der Waals surface area contributed by atoms with Crippen molar-refractivity contribution in [1.29, 1.82) is 0 Å². The van der Waals surface area contributed by atoms with E-state index in [1.807, 2.05) is 0 Å². The van der Waals surface area contributed by atoms with Crippen molar-refractivity contribution < 1.29 is 29.9 Å². The molecule has 7 nitrogen and oxygen atoms in total. The van der Waals surface area contributed by atoms with Gasteiger partial charge in [-0.05, 0) is 25.8 Å². The minimum absolute atomic E-state index is 0.00478. The third kappa shape index (κ3) is 6.13. The van der Waals surface area contributed by atoms with Gasteiger partial charge in [0, 0.05) is 13.0 Å². The van der Waals surface area contributed by atoms with Crippen molar-refractivity contribution in [3.63, 3.8) is 0 Å². The molecule has 0 aromatic rings. The summed E-state index contributed by atoms with van der Waals surface area (Å²) in [4.78, 5) is 0. The van der Waals surface area contributed by atoms with E-state index in [4.69, 9.17) is 19.7 Å². The predicted molar refractivity (Wildman–Crippen MR) is 67.3 cm³/mol. The molecule has 0 aromatic heterocycles. The molecule has 0 aliphatic carbocycles. The monoisotopic (exact) mass is 279 g/mol. The summed E-state index contributed by atoms with van der Waals surface area (Å²) in [5, 5.41) is 39.5. The molecule has 7 heteroatoms. The van der Waals surface area contributed by atoms with Gasteiger partial charge in [-0.1, -0.05) is 0 Å². The van der Waals surface area contributed by atoms with Crippen LogP contribution in [0, 0.1) is 0 Å². The van der Waals surface area contributed by atoms with E-state index in [0.717, 1.165) is 25.8 Å². The molecule has 0 aromatic carbocycles. The Morgan fingerprint density at radius 1 is 1.16 bits per heavy atom. The summed E-state index contributed by atoms with van der Waals surface area (Å²) in [6, 6.07) is 0. The van der Waals surface area contributed by atoms with E-state index in [1.165, 1.54) is 0 Å². The zero-order valence-electron chi connectivity index (χ0n) is 11.1. The van der Waals surface area contributed by atoms with Gasteiger partial charge in [-0.3, -0.25) is 5.32 Å². The lowest BCUT2D eigenvalue weighted by Gasteiger charge is -2.36. The maximum atomic E-state index is 9.60. The number of nitrogens with one attached hydrogen (secondary N) is 1. The molecule has 0 radical (unpaired) electrons. The lowest BCUT2D eigenvalue weighted by Crippen LogP contribution is -2.50. The Morgan fingerprint density at radius 2 is 1.95 bits per heavy atom. The zero-order chi connectivity index (χ0) is 14.1. The molecule has 1 saturated heterocycles. The van der Waals surface area contributed by atoms with Crippen LogP contribution in [0.1, 0.15) is 25.7 Å². The van der Waals surface area contributed by atoms with E-state index >= 15 is 0 Å². The van der Waals surface area contributed by atoms with E-state index in [2.05, 4.69) is 5.32 Å². The molecule has 1 aliphatic rings. The second-order valence-corrected chi connectivity index (χ2v) is 4.67. The van der Waals surface area contributed by atoms with Crippen molar-refractivity contribution in [2.24, 2.45) is 0 Å². The van der Waals surface area contributed by atoms with Crippen LogP contribution >= 0.6 is 0 Å². The standard InChI is InChI=1S/C12H25NO6/c14-7-10-12(17)9(16)6-11(19-10)18-5-3-1-2-4-13-8-15/h9-17H,1-8H2. The van der Waals surface area contributed by atoms with Crippen LogP contribution in [0.2, 0.25) is 0 Å². The van der Waals surface area contributed by atoms with Crippen LogP contribution in [-0.2, 0) is 9.47 Å². The lowest BCUT2D eigenvalue weighted by atomic mass is 10.0. The Bertz CT molecular complexity index is 230. The maximum Gasteiger partial charge on any atom is 0.160 e. The summed E-state index contributed by atoms with van der Waals surface area (Å²) < 4.78 is 10.8. The Kier molecular flexibility index (Phi) is 8.47. The normalized spacial score (nSPS) is 31.6. The fourth-order valence-corrected chi connectivity index (χ4v) is 2.00. The van der Waals surface area contributed by atoms with Crippen molar-refractivity contribution in [1.82, 2.24) is 5.32 Å². The Balaban J connectivity index is 2.09. The van der Waals surface area contributed by atoms with Crippen LogP contribution in [0.25, 0.3) is 0 Å². The van der Waals surface area contributed by atoms with Gasteiger partial charge in [0.25, 0.3) is 0 Å². The van der Waals surface area contributed by atoms with Crippen molar-refractivity contribution in [3.05, 3.63) is 0 Å². The average molecular weight is 279 g/mol. The molecule has 1 fully saturated rings. The largest absolute Gasteiger partial charge is 0.394 e. The molecule has 0 bridgehead atoms. The highest BCUT2D eigenvalue weighted by atomic mass is 16.7. The van der Waals surface area contributed by atoms with E-state index < -0.39 is 24.6 Å². The average Bonchev–Trinajstić information content (AvgIpc) is 2.41. The van der Waals surface area contributed by atoms with Crippen LogP contribution in [0.15, 0.2) is 0 Å². The van der Waals surface area contributed by atoms with Crippen molar-refractivity contribution in [2.45, 2.75) is 50.3 Å². The van der Waals surface area contributed by atoms with Gasteiger partial charge >= 0.3 is 0 Å². The summed E-state index contributed by atoms with van der Waals surface area (Å²) in [6.07, 6.45) is -0.364. The summed E-state index contributed by atoms with van der Waals surface area (Å²) in [6.45, 7) is 0.929. The van der Waals surface area contributed by atoms with E-state index in [-0.39, 0.29) is 19.8 Å². The van der Waals surface area contributed by atoms with E-state index in [0.29, 0.717) is 6.61 Å². The van der Waals surface area contributed by atoms with Gasteiger partial charge in [0.05, 0.1) is 19.4 Å². The first-order valence-corrected chi connectivity index (χ1v) is 6.74. The summed E-state index contributed by atoms with van der Waals surface area (Å²) in [5.74, 6) is 0. The number of hydrogen-bond acceptors (Lipinski definition) is 7. The Labute approximate surface area is 113 Å². The van der Waals surface area contributed by atoms with E-state index in [9.17, 15) is 10.2 Å². The van der Waals surface area contributed by atoms with Crippen molar-refractivity contribution in [2.75, 3.05) is 26.5 Å².